The Morgan fingerprint density at radius 3 is 2.38 bits per heavy atom. The number of carbonyl (C=O) groups is 1. The zero-order valence-electron chi connectivity index (χ0n) is 7.05. The molecule has 0 fully saturated rings. The van der Waals surface area contributed by atoms with Crippen molar-refractivity contribution in [1.29, 1.82) is 0 Å². The summed E-state index contributed by atoms with van der Waals surface area (Å²) in [7, 11) is 0. The lowest BCUT2D eigenvalue weighted by atomic mass is 10.3. The Bertz CT molecular complexity index is 295. The number of halogens is 2. The number of hydrogen-bond donors (Lipinski definition) is 1. The van der Waals surface area contributed by atoms with E-state index >= 15 is 0 Å². The van der Waals surface area contributed by atoms with Gasteiger partial charge in [-0.2, -0.15) is 0 Å². The Hall–Kier alpha value is -0.350. The third kappa shape index (κ3) is 3.48. The molecule has 0 heterocycles. The van der Waals surface area contributed by atoms with Crippen LogP contribution in [0.2, 0.25) is 0 Å². The summed E-state index contributed by atoms with van der Waals surface area (Å²) in [4.78, 5) is 11.1. The normalized spacial score (nSPS) is 12.2. The predicted octanol–water partition coefficient (Wildman–Crippen LogP) is 3.17. The van der Waals surface area contributed by atoms with E-state index in [4.69, 9.17) is 0 Å². The van der Waals surface area contributed by atoms with Gasteiger partial charge in [-0.3, -0.25) is 4.79 Å². The largest absolute Gasteiger partial charge is 0.325 e. The second-order valence-electron chi connectivity index (χ2n) is 2.61. The lowest BCUT2D eigenvalue weighted by molar-refractivity contribution is -0.115. The summed E-state index contributed by atoms with van der Waals surface area (Å²) in [5, 5.41) is 2.76. The highest BCUT2D eigenvalue weighted by Gasteiger charge is 2.07. The third-order valence-electron chi connectivity index (χ3n) is 1.47. The first-order chi connectivity index (χ1) is 6.09. The Kier molecular flexibility index (Phi) is 3.93. The van der Waals surface area contributed by atoms with E-state index in [1.165, 1.54) is 0 Å². The molecule has 0 unspecified atom stereocenters. The van der Waals surface area contributed by atoms with E-state index in [-0.39, 0.29) is 10.7 Å². The second-order valence-corrected chi connectivity index (χ2v) is 4.90. The molecule has 0 radical (unpaired) electrons. The van der Waals surface area contributed by atoms with Crippen LogP contribution >= 0.6 is 31.9 Å². The van der Waals surface area contributed by atoms with Crippen LogP contribution in [0.3, 0.4) is 0 Å². The monoisotopic (exact) mass is 305 g/mol. The zero-order chi connectivity index (χ0) is 9.84. The fourth-order valence-corrected chi connectivity index (χ4v) is 1.15. The molecule has 13 heavy (non-hydrogen) atoms. The number of hydrogen-bond acceptors (Lipinski definition) is 1. The number of anilines is 1. The first-order valence-corrected chi connectivity index (χ1v) is 5.51. The highest BCUT2D eigenvalue weighted by Crippen LogP contribution is 2.14. The van der Waals surface area contributed by atoms with Gasteiger partial charge < -0.3 is 5.32 Å². The number of benzene rings is 1. The maximum atomic E-state index is 11.2. The number of rotatable bonds is 2. The van der Waals surface area contributed by atoms with Crippen LogP contribution in [0.15, 0.2) is 28.7 Å². The van der Waals surface area contributed by atoms with Gasteiger partial charge >= 0.3 is 0 Å². The lowest BCUT2D eigenvalue weighted by Gasteiger charge is -2.05. The fraction of sp³-hybridized carbons (Fsp3) is 0.222. The van der Waals surface area contributed by atoms with Crippen LogP contribution in [0, 0.1) is 0 Å². The van der Waals surface area contributed by atoms with Crippen molar-refractivity contribution in [3.63, 3.8) is 0 Å². The summed E-state index contributed by atoms with van der Waals surface area (Å²) < 4.78 is 0.998. The van der Waals surface area contributed by atoms with Gasteiger partial charge in [0.1, 0.15) is 0 Å². The van der Waals surface area contributed by atoms with Gasteiger partial charge in [0.25, 0.3) is 0 Å². The Balaban J connectivity index is 2.65. The zero-order valence-corrected chi connectivity index (χ0v) is 10.2. The van der Waals surface area contributed by atoms with Crippen molar-refractivity contribution < 1.29 is 4.79 Å². The summed E-state index contributed by atoms with van der Waals surface area (Å²) in [5.74, 6) is -0.0395. The highest BCUT2D eigenvalue weighted by atomic mass is 79.9. The standard InChI is InChI=1S/C9H9Br2NO/c1-6(10)9(13)12-8-4-2-7(11)3-5-8/h2-6H,1H3,(H,12,13)/t6-/m0/s1. The van der Waals surface area contributed by atoms with Gasteiger partial charge in [-0.25, -0.2) is 0 Å². The fourth-order valence-electron chi connectivity index (χ4n) is 0.775. The molecule has 1 N–H and O–H groups in total. The molecule has 0 aliphatic carbocycles. The minimum atomic E-state index is -0.170. The molecule has 0 spiro atoms. The first kappa shape index (κ1) is 10.7. The molecule has 1 aromatic carbocycles. The minimum Gasteiger partial charge on any atom is -0.325 e. The maximum absolute atomic E-state index is 11.2. The van der Waals surface area contributed by atoms with Crippen LogP contribution in [0.25, 0.3) is 0 Å². The molecule has 2 nitrogen and oxygen atoms in total. The van der Waals surface area contributed by atoms with Gasteiger partial charge in [0, 0.05) is 10.2 Å². The third-order valence-corrected chi connectivity index (χ3v) is 2.42. The SMILES string of the molecule is C[C@H](Br)C(=O)Nc1ccc(Br)cc1. The average molecular weight is 307 g/mol. The van der Waals surface area contributed by atoms with Crippen LogP contribution in [0.5, 0.6) is 0 Å². The Labute approximate surface area is 94.0 Å². The molecular formula is C9H9Br2NO. The van der Waals surface area contributed by atoms with E-state index < -0.39 is 0 Å². The molecule has 4 heteroatoms. The van der Waals surface area contributed by atoms with Crippen molar-refractivity contribution >= 4 is 43.5 Å². The number of carbonyl (C=O) groups excluding carboxylic acids is 1. The molecule has 0 saturated heterocycles. The summed E-state index contributed by atoms with van der Waals surface area (Å²) in [5.41, 5.74) is 0.805. The van der Waals surface area contributed by atoms with Crippen molar-refractivity contribution in [2.75, 3.05) is 5.32 Å². The summed E-state index contributed by atoms with van der Waals surface area (Å²) in [6.07, 6.45) is 0. The summed E-state index contributed by atoms with van der Waals surface area (Å²) >= 11 is 6.51. The molecule has 0 aromatic heterocycles. The molecule has 1 amide bonds. The van der Waals surface area contributed by atoms with Gasteiger partial charge in [-0.1, -0.05) is 31.9 Å². The molecule has 0 saturated carbocycles. The van der Waals surface area contributed by atoms with Crippen molar-refractivity contribution in [2.24, 2.45) is 0 Å². The van der Waals surface area contributed by atoms with E-state index in [0.29, 0.717) is 0 Å². The second kappa shape index (κ2) is 4.77. The number of alkyl halides is 1. The van der Waals surface area contributed by atoms with Gasteiger partial charge in [0.2, 0.25) is 5.91 Å². The van der Waals surface area contributed by atoms with Crippen LogP contribution in [0.4, 0.5) is 5.69 Å². The van der Waals surface area contributed by atoms with Crippen LogP contribution in [0.1, 0.15) is 6.92 Å². The topological polar surface area (TPSA) is 29.1 Å². The van der Waals surface area contributed by atoms with Gasteiger partial charge in [-0.15, -0.1) is 0 Å². The van der Waals surface area contributed by atoms with E-state index in [1.54, 1.807) is 6.92 Å². The van der Waals surface area contributed by atoms with E-state index in [1.807, 2.05) is 24.3 Å². The summed E-state index contributed by atoms with van der Waals surface area (Å²) in [6.45, 7) is 1.79. The molecule has 1 aromatic rings. The molecule has 1 atom stereocenters. The van der Waals surface area contributed by atoms with Gasteiger partial charge in [0.05, 0.1) is 4.83 Å². The van der Waals surface area contributed by atoms with Crippen molar-refractivity contribution in [3.8, 4) is 0 Å². The smallest absolute Gasteiger partial charge is 0.237 e. The molecule has 0 bridgehead atoms. The molecule has 0 aliphatic rings. The van der Waals surface area contributed by atoms with Crippen LogP contribution in [-0.2, 0) is 4.79 Å². The number of amides is 1. The molecule has 70 valence electrons. The lowest BCUT2D eigenvalue weighted by Crippen LogP contribution is -2.19. The van der Waals surface area contributed by atoms with E-state index in [2.05, 4.69) is 37.2 Å². The quantitative estimate of drug-likeness (QED) is 0.836. The molecular weight excluding hydrogens is 298 g/mol. The van der Waals surface area contributed by atoms with Crippen molar-refractivity contribution in [1.82, 2.24) is 0 Å². The number of nitrogens with one attached hydrogen (secondary N) is 1. The van der Waals surface area contributed by atoms with Crippen LogP contribution in [-0.4, -0.2) is 10.7 Å². The predicted molar refractivity (Wildman–Crippen MR) is 61.2 cm³/mol. The summed E-state index contributed by atoms with van der Waals surface area (Å²) in [6, 6.07) is 7.46. The molecule has 0 aliphatic heterocycles. The Morgan fingerprint density at radius 2 is 1.92 bits per heavy atom. The minimum absolute atomic E-state index is 0.0395. The van der Waals surface area contributed by atoms with E-state index in [9.17, 15) is 4.79 Å². The highest BCUT2D eigenvalue weighted by molar-refractivity contribution is 9.10. The average Bonchev–Trinajstić information content (AvgIpc) is 2.08. The van der Waals surface area contributed by atoms with Crippen molar-refractivity contribution in [2.45, 2.75) is 11.8 Å². The Morgan fingerprint density at radius 1 is 1.38 bits per heavy atom. The van der Waals surface area contributed by atoms with Crippen LogP contribution < -0.4 is 5.32 Å². The van der Waals surface area contributed by atoms with Crippen molar-refractivity contribution in [3.05, 3.63) is 28.7 Å². The maximum Gasteiger partial charge on any atom is 0.237 e. The van der Waals surface area contributed by atoms with Gasteiger partial charge in [-0.05, 0) is 31.2 Å². The van der Waals surface area contributed by atoms with E-state index in [0.717, 1.165) is 10.2 Å². The first-order valence-electron chi connectivity index (χ1n) is 3.80. The molecule has 1 rings (SSSR count). The van der Waals surface area contributed by atoms with Gasteiger partial charge in [0.15, 0.2) is 0 Å².